The van der Waals surface area contributed by atoms with Gasteiger partial charge in [-0.15, -0.1) is 10.2 Å². The summed E-state index contributed by atoms with van der Waals surface area (Å²) >= 11 is 1.31. The molecule has 2 amide bonds. The van der Waals surface area contributed by atoms with Gasteiger partial charge in [-0.3, -0.25) is 9.59 Å². The Morgan fingerprint density at radius 3 is 2.85 bits per heavy atom. The Morgan fingerprint density at radius 2 is 2.19 bits per heavy atom. The normalized spacial score (nSPS) is 14.7. The second-order valence-corrected chi connectivity index (χ2v) is 7.58. The van der Waals surface area contributed by atoms with Gasteiger partial charge in [0.25, 0.3) is 5.91 Å². The van der Waals surface area contributed by atoms with Gasteiger partial charge >= 0.3 is 0 Å². The highest BCUT2D eigenvalue weighted by Gasteiger charge is 2.32. The molecule has 1 unspecified atom stereocenters. The van der Waals surface area contributed by atoms with Crippen LogP contribution in [0.2, 0.25) is 0 Å². The Morgan fingerprint density at radius 1 is 1.42 bits per heavy atom. The van der Waals surface area contributed by atoms with Gasteiger partial charge in [-0.1, -0.05) is 17.8 Å². The van der Waals surface area contributed by atoms with Crippen LogP contribution in [0.1, 0.15) is 30.1 Å². The SMILES string of the molecule is CC(C1CC1)N(C)C(=O)c1cccc(NC(=O)CSc2nncn2C)c1. The predicted octanol–water partition coefficient (Wildman–Crippen LogP) is 2.42. The lowest BCUT2D eigenvalue weighted by Gasteiger charge is -2.25. The average Bonchev–Trinajstić information content (AvgIpc) is 3.40. The van der Waals surface area contributed by atoms with Gasteiger partial charge in [-0.05, 0) is 43.9 Å². The van der Waals surface area contributed by atoms with Crippen LogP contribution in [0.5, 0.6) is 0 Å². The molecule has 0 aliphatic heterocycles. The Hall–Kier alpha value is -2.35. The molecule has 138 valence electrons. The Labute approximate surface area is 157 Å². The molecule has 7 nitrogen and oxygen atoms in total. The molecule has 0 spiro atoms. The number of benzene rings is 1. The van der Waals surface area contributed by atoms with E-state index in [2.05, 4.69) is 22.4 Å². The van der Waals surface area contributed by atoms with Gasteiger partial charge in [0.2, 0.25) is 5.91 Å². The summed E-state index contributed by atoms with van der Waals surface area (Å²) in [6.45, 7) is 2.09. The second-order valence-electron chi connectivity index (χ2n) is 6.64. The number of thioether (sulfide) groups is 1. The molecule has 3 rings (SSSR count). The molecular formula is C18H23N5O2S. The monoisotopic (exact) mass is 373 g/mol. The highest BCUT2D eigenvalue weighted by molar-refractivity contribution is 7.99. The predicted molar refractivity (Wildman–Crippen MR) is 101 cm³/mol. The minimum absolute atomic E-state index is 0.0195. The van der Waals surface area contributed by atoms with Crippen molar-refractivity contribution in [1.82, 2.24) is 19.7 Å². The van der Waals surface area contributed by atoms with E-state index >= 15 is 0 Å². The van der Waals surface area contributed by atoms with Gasteiger partial charge in [0.1, 0.15) is 6.33 Å². The summed E-state index contributed by atoms with van der Waals surface area (Å²) in [5.74, 6) is 0.671. The molecule has 8 heteroatoms. The third-order valence-electron chi connectivity index (χ3n) is 4.63. The van der Waals surface area contributed by atoms with Crippen molar-refractivity contribution >= 4 is 29.3 Å². The van der Waals surface area contributed by atoms with Crippen molar-refractivity contribution < 1.29 is 9.59 Å². The van der Waals surface area contributed by atoms with Crippen LogP contribution in [-0.2, 0) is 11.8 Å². The zero-order chi connectivity index (χ0) is 18.7. The van der Waals surface area contributed by atoms with Crippen LogP contribution in [0.4, 0.5) is 5.69 Å². The first-order chi connectivity index (χ1) is 12.5. The highest BCUT2D eigenvalue weighted by Crippen LogP contribution is 2.35. The van der Waals surface area contributed by atoms with E-state index in [1.807, 2.05) is 14.1 Å². The van der Waals surface area contributed by atoms with Gasteiger partial charge in [-0.25, -0.2) is 0 Å². The Balaban J connectivity index is 1.58. The van der Waals surface area contributed by atoms with Crippen molar-refractivity contribution in [3.8, 4) is 0 Å². The fourth-order valence-electron chi connectivity index (χ4n) is 2.74. The molecule has 1 aromatic carbocycles. The molecule has 2 aromatic rings. The maximum Gasteiger partial charge on any atom is 0.253 e. The van der Waals surface area contributed by atoms with Crippen LogP contribution >= 0.6 is 11.8 Å². The number of aryl methyl sites for hydroxylation is 1. The maximum absolute atomic E-state index is 12.7. The van der Waals surface area contributed by atoms with E-state index in [1.54, 1.807) is 40.1 Å². The van der Waals surface area contributed by atoms with E-state index in [0.29, 0.717) is 22.3 Å². The number of hydrogen-bond acceptors (Lipinski definition) is 5. The van der Waals surface area contributed by atoms with Crippen LogP contribution in [0.15, 0.2) is 35.7 Å². The van der Waals surface area contributed by atoms with E-state index in [4.69, 9.17) is 0 Å². The molecule has 0 bridgehead atoms. The summed E-state index contributed by atoms with van der Waals surface area (Å²) in [6.07, 6.45) is 3.98. The quantitative estimate of drug-likeness (QED) is 0.754. The number of nitrogens with zero attached hydrogens (tertiary/aromatic N) is 4. The van der Waals surface area contributed by atoms with Gasteiger partial charge in [0, 0.05) is 31.4 Å². The minimum Gasteiger partial charge on any atom is -0.339 e. The van der Waals surface area contributed by atoms with Crippen LogP contribution < -0.4 is 5.32 Å². The number of hydrogen-bond donors (Lipinski definition) is 1. The van der Waals surface area contributed by atoms with Crippen LogP contribution in [0, 0.1) is 5.92 Å². The van der Waals surface area contributed by atoms with E-state index in [0.717, 1.165) is 0 Å². The molecule has 0 saturated heterocycles. The lowest BCUT2D eigenvalue weighted by atomic mass is 10.1. The third kappa shape index (κ3) is 4.43. The molecule has 1 fully saturated rings. The molecule has 1 aromatic heterocycles. The largest absolute Gasteiger partial charge is 0.339 e. The number of amides is 2. The summed E-state index contributed by atoms with van der Waals surface area (Å²) in [5.41, 5.74) is 1.20. The van der Waals surface area contributed by atoms with E-state index in [1.165, 1.54) is 24.6 Å². The van der Waals surface area contributed by atoms with Crippen LogP contribution in [0.3, 0.4) is 0 Å². The zero-order valence-corrected chi connectivity index (χ0v) is 16.0. The third-order valence-corrected chi connectivity index (χ3v) is 5.67. The number of aromatic nitrogens is 3. The lowest BCUT2D eigenvalue weighted by molar-refractivity contribution is -0.113. The second kappa shape index (κ2) is 7.90. The summed E-state index contributed by atoms with van der Waals surface area (Å²) in [7, 11) is 3.67. The summed E-state index contributed by atoms with van der Waals surface area (Å²) in [6, 6.07) is 7.31. The van der Waals surface area contributed by atoms with Crippen molar-refractivity contribution in [3.63, 3.8) is 0 Å². The molecule has 1 N–H and O–H groups in total. The van der Waals surface area contributed by atoms with E-state index in [-0.39, 0.29) is 23.6 Å². The summed E-state index contributed by atoms with van der Waals surface area (Å²) in [4.78, 5) is 26.6. The van der Waals surface area contributed by atoms with Gasteiger partial charge in [-0.2, -0.15) is 0 Å². The van der Waals surface area contributed by atoms with Crippen molar-refractivity contribution in [2.24, 2.45) is 13.0 Å². The average molecular weight is 373 g/mol. The van der Waals surface area contributed by atoms with Crippen molar-refractivity contribution in [2.75, 3.05) is 18.1 Å². The van der Waals surface area contributed by atoms with Crippen molar-refractivity contribution in [1.29, 1.82) is 0 Å². The van der Waals surface area contributed by atoms with Crippen LogP contribution in [-0.4, -0.2) is 50.3 Å². The number of nitrogens with one attached hydrogen (secondary N) is 1. The van der Waals surface area contributed by atoms with Crippen molar-refractivity contribution in [3.05, 3.63) is 36.2 Å². The first-order valence-electron chi connectivity index (χ1n) is 8.59. The van der Waals surface area contributed by atoms with Gasteiger partial charge in [0.15, 0.2) is 5.16 Å². The highest BCUT2D eigenvalue weighted by atomic mass is 32.2. The number of carbonyl (C=O) groups is 2. The van der Waals surface area contributed by atoms with Gasteiger partial charge in [0.05, 0.1) is 5.75 Å². The topological polar surface area (TPSA) is 80.1 Å². The summed E-state index contributed by atoms with van der Waals surface area (Å²) < 4.78 is 1.76. The maximum atomic E-state index is 12.7. The molecular weight excluding hydrogens is 350 g/mol. The van der Waals surface area contributed by atoms with Crippen LogP contribution in [0.25, 0.3) is 0 Å². The van der Waals surface area contributed by atoms with E-state index < -0.39 is 0 Å². The first-order valence-corrected chi connectivity index (χ1v) is 9.58. The molecule has 1 atom stereocenters. The van der Waals surface area contributed by atoms with Gasteiger partial charge < -0.3 is 14.8 Å². The van der Waals surface area contributed by atoms with E-state index in [9.17, 15) is 9.59 Å². The molecule has 1 heterocycles. The summed E-state index contributed by atoms with van der Waals surface area (Å²) in [5, 5.41) is 11.2. The Bertz CT molecular complexity index is 802. The molecule has 1 aliphatic carbocycles. The molecule has 1 saturated carbocycles. The van der Waals surface area contributed by atoms with Crippen molar-refractivity contribution in [2.45, 2.75) is 31.0 Å². The fraction of sp³-hybridized carbons (Fsp3) is 0.444. The number of anilines is 1. The standard InChI is InChI=1S/C18H23N5O2S/c1-12(13-7-8-13)23(3)17(25)14-5-4-6-15(9-14)20-16(24)10-26-18-21-19-11-22(18)2/h4-6,9,11-13H,7-8,10H2,1-3H3,(H,20,24). The smallest absolute Gasteiger partial charge is 0.253 e. The Kier molecular flexibility index (Phi) is 5.61. The fourth-order valence-corrected chi connectivity index (χ4v) is 3.43. The molecule has 0 radical (unpaired) electrons. The zero-order valence-electron chi connectivity index (χ0n) is 15.2. The molecule has 1 aliphatic rings. The number of rotatable bonds is 7. The number of carbonyl (C=O) groups excluding carboxylic acids is 2. The minimum atomic E-state index is -0.151. The molecule has 26 heavy (non-hydrogen) atoms. The first kappa shape index (κ1) is 18.4. The lowest BCUT2D eigenvalue weighted by Crippen LogP contribution is -2.36.